The highest BCUT2D eigenvalue weighted by molar-refractivity contribution is 5.71. The Kier molecular flexibility index (Phi) is 3.66. The molecule has 0 rings (SSSR count). The van der Waals surface area contributed by atoms with Crippen LogP contribution in [-0.4, -0.2) is 25.5 Å². The smallest absolute Gasteiger partial charge is 0.352 e. The van der Waals surface area contributed by atoms with Gasteiger partial charge in [-0.2, -0.15) is 0 Å². The summed E-state index contributed by atoms with van der Waals surface area (Å²) in [6.45, 7) is -0.888. The fourth-order valence-corrected chi connectivity index (χ4v) is 0.341. The van der Waals surface area contributed by atoms with Crippen molar-refractivity contribution in [3.05, 3.63) is 0 Å². The van der Waals surface area contributed by atoms with Gasteiger partial charge in [-0.15, -0.1) is 13.2 Å². The summed E-state index contributed by atoms with van der Waals surface area (Å²) < 4.78 is 37.0. The van der Waals surface area contributed by atoms with Crippen molar-refractivity contribution >= 4 is 6.03 Å². The quantitative estimate of drug-likeness (QED) is 0.597. The van der Waals surface area contributed by atoms with E-state index in [1.54, 1.807) is 0 Å². The van der Waals surface area contributed by atoms with E-state index in [1.165, 1.54) is 0 Å². The van der Waals surface area contributed by atoms with Crippen molar-refractivity contribution in [2.45, 2.75) is 6.36 Å². The molecule has 4 nitrogen and oxygen atoms in total. The number of nitrogens with two attached hydrogens (primary N) is 1. The highest BCUT2D eigenvalue weighted by Crippen LogP contribution is 2.14. The molecular formula is C4H7F3N2O2. The number of hydrogen-bond acceptors (Lipinski definition) is 2. The van der Waals surface area contributed by atoms with Crippen molar-refractivity contribution in [2.75, 3.05) is 13.2 Å². The van der Waals surface area contributed by atoms with E-state index in [9.17, 15) is 18.0 Å². The van der Waals surface area contributed by atoms with Crippen LogP contribution in [0.2, 0.25) is 0 Å². The lowest BCUT2D eigenvalue weighted by Crippen LogP contribution is -2.33. The lowest BCUT2D eigenvalue weighted by molar-refractivity contribution is -0.323. The maximum atomic E-state index is 11.2. The zero-order valence-electron chi connectivity index (χ0n) is 5.44. The van der Waals surface area contributed by atoms with Crippen LogP contribution in [-0.2, 0) is 4.74 Å². The zero-order chi connectivity index (χ0) is 8.91. The molecule has 2 amide bonds. The normalized spacial score (nSPS) is 11.2. The number of carbonyl (C=O) groups is 1. The number of halogens is 3. The molecule has 0 heterocycles. The molecule has 3 N–H and O–H groups in total. The summed E-state index contributed by atoms with van der Waals surface area (Å²) in [5.74, 6) is 0. The first kappa shape index (κ1) is 10.0. The van der Waals surface area contributed by atoms with Crippen LogP contribution < -0.4 is 11.1 Å². The van der Waals surface area contributed by atoms with Gasteiger partial charge >= 0.3 is 12.4 Å². The van der Waals surface area contributed by atoms with E-state index in [1.807, 2.05) is 5.32 Å². The van der Waals surface area contributed by atoms with E-state index in [0.717, 1.165) is 0 Å². The van der Waals surface area contributed by atoms with Crippen LogP contribution in [0.25, 0.3) is 0 Å². The number of nitrogens with one attached hydrogen (secondary N) is 1. The molecule has 7 heteroatoms. The van der Waals surface area contributed by atoms with E-state index in [-0.39, 0.29) is 6.54 Å². The van der Waals surface area contributed by atoms with Gasteiger partial charge < -0.3 is 11.1 Å². The molecule has 0 atom stereocenters. The summed E-state index contributed by atoms with van der Waals surface area (Å²) in [6, 6.07) is -0.879. The van der Waals surface area contributed by atoms with E-state index < -0.39 is 19.0 Å². The van der Waals surface area contributed by atoms with Crippen LogP contribution in [0.5, 0.6) is 0 Å². The van der Waals surface area contributed by atoms with Gasteiger partial charge in [-0.25, -0.2) is 4.79 Å². The number of rotatable bonds is 3. The molecule has 0 saturated heterocycles. The van der Waals surface area contributed by atoms with Gasteiger partial charge in [-0.3, -0.25) is 4.74 Å². The Morgan fingerprint density at radius 3 is 2.45 bits per heavy atom. The zero-order valence-corrected chi connectivity index (χ0v) is 5.44. The maximum absolute atomic E-state index is 11.2. The molecule has 0 unspecified atom stereocenters. The van der Waals surface area contributed by atoms with Crippen molar-refractivity contribution in [2.24, 2.45) is 5.73 Å². The number of urea groups is 1. The van der Waals surface area contributed by atoms with Crippen molar-refractivity contribution in [1.29, 1.82) is 0 Å². The monoisotopic (exact) mass is 172 g/mol. The molecule has 0 aliphatic heterocycles. The second-order valence-electron chi connectivity index (χ2n) is 1.59. The molecule has 0 aromatic carbocycles. The number of carbonyl (C=O) groups excluding carboxylic acids is 1. The van der Waals surface area contributed by atoms with Crippen LogP contribution in [0.1, 0.15) is 0 Å². The molecular weight excluding hydrogens is 165 g/mol. The summed E-state index contributed by atoms with van der Waals surface area (Å²) in [5.41, 5.74) is 4.56. The van der Waals surface area contributed by atoms with Crippen LogP contribution in [0.4, 0.5) is 18.0 Å². The van der Waals surface area contributed by atoms with Crippen LogP contribution in [0.3, 0.4) is 0 Å². The van der Waals surface area contributed by atoms with Gasteiger partial charge in [0.25, 0.3) is 0 Å². The van der Waals surface area contributed by atoms with Gasteiger partial charge in [0.1, 0.15) is 0 Å². The Bertz CT molecular complexity index is 136. The number of amides is 2. The van der Waals surface area contributed by atoms with E-state index in [0.29, 0.717) is 0 Å². The summed E-state index contributed by atoms with van der Waals surface area (Å²) in [5, 5.41) is 1.93. The van der Waals surface area contributed by atoms with Gasteiger partial charge in [-0.1, -0.05) is 0 Å². The predicted octanol–water partition coefficient (Wildman–Crippen LogP) is 0.191. The Labute approximate surface area is 60.5 Å². The summed E-state index contributed by atoms with van der Waals surface area (Å²) in [4.78, 5) is 9.90. The van der Waals surface area contributed by atoms with Crippen molar-refractivity contribution in [3.8, 4) is 0 Å². The Morgan fingerprint density at radius 1 is 1.55 bits per heavy atom. The van der Waals surface area contributed by atoms with Gasteiger partial charge in [0.2, 0.25) is 0 Å². The summed E-state index contributed by atoms with van der Waals surface area (Å²) in [7, 11) is 0. The third-order valence-corrected chi connectivity index (χ3v) is 0.667. The van der Waals surface area contributed by atoms with Crippen LogP contribution in [0, 0.1) is 0 Å². The highest BCUT2D eigenvalue weighted by atomic mass is 19.4. The second kappa shape index (κ2) is 4.02. The Balaban J connectivity index is 3.22. The average Bonchev–Trinajstić information content (AvgIpc) is 1.78. The Hall–Kier alpha value is -0.980. The predicted molar refractivity (Wildman–Crippen MR) is 29.6 cm³/mol. The van der Waals surface area contributed by atoms with Gasteiger partial charge in [0.15, 0.2) is 0 Å². The molecule has 0 saturated carbocycles. The van der Waals surface area contributed by atoms with E-state index in [2.05, 4.69) is 10.5 Å². The molecule has 0 aromatic rings. The first-order valence-electron chi connectivity index (χ1n) is 2.66. The summed E-state index contributed by atoms with van der Waals surface area (Å²) in [6.07, 6.45) is -4.65. The minimum absolute atomic E-state index is 0.255. The van der Waals surface area contributed by atoms with E-state index in [4.69, 9.17) is 0 Å². The van der Waals surface area contributed by atoms with Gasteiger partial charge in [0, 0.05) is 6.54 Å². The molecule has 0 fully saturated rings. The van der Waals surface area contributed by atoms with Crippen LogP contribution >= 0.6 is 0 Å². The minimum Gasteiger partial charge on any atom is -0.352 e. The molecule has 0 radical (unpaired) electrons. The first-order chi connectivity index (χ1) is 4.92. The van der Waals surface area contributed by atoms with E-state index >= 15 is 0 Å². The highest BCUT2D eigenvalue weighted by Gasteiger charge is 2.28. The van der Waals surface area contributed by atoms with Crippen molar-refractivity contribution < 1.29 is 22.7 Å². The number of hydrogen-bond donors (Lipinski definition) is 2. The van der Waals surface area contributed by atoms with Crippen molar-refractivity contribution in [1.82, 2.24) is 5.32 Å². The standard InChI is InChI=1S/C4H7F3N2O2/c5-4(6,7)11-2-1-9-3(8)10/h1-2H2,(H3,8,9,10). The third-order valence-electron chi connectivity index (χ3n) is 0.667. The first-order valence-corrected chi connectivity index (χ1v) is 2.66. The second-order valence-corrected chi connectivity index (χ2v) is 1.59. The van der Waals surface area contributed by atoms with Gasteiger partial charge in [0.05, 0.1) is 6.61 Å². The minimum atomic E-state index is -4.65. The third kappa shape index (κ3) is 9.02. The number of primary amides is 1. The average molecular weight is 172 g/mol. The molecule has 0 aromatic heterocycles. The van der Waals surface area contributed by atoms with Gasteiger partial charge in [-0.05, 0) is 0 Å². The fourth-order valence-electron chi connectivity index (χ4n) is 0.341. The maximum Gasteiger partial charge on any atom is 0.522 e. The number of alkyl halides is 3. The molecule has 0 aliphatic carbocycles. The largest absolute Gasteiger partial charge is 0.522 e. The lowest BCUT2D eigenvalue weighted by atomic mass is 10.7. The Morgan fingerprint density at radius 2 is 2.09 bits per heavy atom. The molecule has 11 heavy (non-hydrogen) atoms. The van der Waals surface area contributed by atoms with Crippen molar-refractivity contribution in [3.63, 3.8) is 0 Å². The molecule has 0 bridgehead atoms. The van der Waals surface area contributed by atoms with Crippen LogP contribution in [0.15, 0.2) is 0 Å². The molecule has 0 aliphatic rings. The topological polar surface area (TPSA) is 64.4 Å². The SMILES string of the molecule is NC(=O)NCCOC(F)(F)F. The molecule has 0 spiro atoms. The molecule has 66 valence electrons. The number of ether oxygens (including phenoxy) is 1. The fraction of sp³-hybridized carbons (Fsp3) is 0.750. The lowest BCUT2D eigenvalue weighted by Gasteiger charge is -2.06. The summed E-state index contributed by atoms with van der Waals surface area (Å²) >= 11 is 0.